The number of thiazole rings is 1. The number of aliphatic carboxylic acids is 1. The van der Waals surface area contributed by atoms with E-state index in [2.05, 4.69) is 15.6 Å². The number of benzene rings is 1. The van der Waals surface area contributed by atoms with Gasteiger partial charge in [0.1, 0.15) is 12.1 Å². The Bertz CT molecular complexity index is 1350. The minimum Gasteiger partial charge on any atom is -0.481 e. The van der Waals surface area contributed by atoms with Crippen molar-refractivity contribution in [1.29, 1.82) is 0 Å². The number of aromatic nitrogens is 1. The molecule has 0 unspecified atom stereocenters. The van der Waals surface area contributed by atoms with Crippen molar-refractivity contribution in [2.75, 3.05) is 6.54 Å². The van der Waals surface area contributed by atoms with E-state index in [1.165, 1.54) is 4.90 Å². The predicted octanol–water partition coefficient (Wildman–Crippen LogP) is 3.12. The maximum atomic E-state index is 13.8. The molecule has 3 fully saturated rings. The summed E-state index contributed by atoms with van der Waals surface area (Å²) in [6, 6.07) is 6.16. The van der Waals surface area contributed by atoms with Crippen LogP contribution in [0.5, 0.6) is 0 Å². The fourth-order valence-corrected chi connectivity index (χ4v) is 7.52. The van der Waals surface area contributed by atoms with Gasteiger partial charge in [0.05, 0.1) is 28.1 Å². The summed E-state index contributed by atoms with van der Waals surface area (Å²) in [7, 11) is 0. The summed E-state index contributed by atoms with van der Waals surface area (Å²) < 4.78 is 0. The van der Waals surface area contributed by atoms with Gasteiger partial charge in [0.15, 0.2) is 0 Å². The Balaban J connectivity index is 1.19. The molecule has 2 heterocycles. The average Bonchev–Trinajstić information content (AvgIpc) is 3.48. The van der Waals surface area contributed by atoms with Gasteiger partial charge in [-0.1, -0.05) is 45.0 Å². The number of aliphatic hydroxyl groups excluding tert-OH is 1. The second-order valence-electron chi connectivity index (χ2n) is 13.4. The third kappa shape index (κ3) is 6.08. The van der Waals surface area contributed by atoms with E-state index in [9.17, 15) is 29.4 Å². The van der Waals surface area contributed by atoms with Crippen LogP contribution in [0, 0.1) is 29.6 Å². The van der Waals surface area contributed by atoms with Crippen LogP contribution in [0.25, 0.3) is 10.4 Å². The van der Waals surface area contributed by atoms with Gasteiger partial charge in [-0.25, -0.2) is 4.98 Å². The van der Waals surface area contributed by atoms with Crippen molar-refractivity contribution in [3.63, 3.8) is 0 Å². The molecule has 3 atom stereocenters. The van der Waals surface area contributed by atoms with Crippen LogP contribution in [0.15, 0.2) is 29.8 Å². The van der Waals surface area contributed by atoms with Gasteiger partial charge in [0, 0.05) is 25.4 Å². The van der Waals surface area contributed by atoms with Crippen LogP contribution in [-0.2, 0) is 25.7 Å². The molecule has 3 amide bonds. The van der Waals surface area contributed by atoms with Gasteiger partial charge in [0.2, 0.25) is 17.7 Å². The zero-order valence-corrected chi connectivity index (χ0v) is 25.4. The Hall–Kier alpha value is -3.31. The lowest BCUT2D eigenvalue weighted by Crippen LogP contribution is -2.60. The highest BCUT2D eigenvalue weighted by Gasteiger charge is 2.57. The second kappa shape index (κ2) is 11.4. The number of rotatable bonds is 8. The lowest BCUT2D eigenvalue weighted by molar-refractivity contribution is -0.162. The number of nitrogens with one attached hydrogen (secondary N) is 2. The highest BCUT2D eigenvalue weighted by molar-refractivity contribution is 7.13. The van der Waals surface area contributed by atoms with Crippen molar-refractivity contribution in [2.24, 2.45) is 22.7 Å². The van der Waals surface area contributed by atoms with E-state index in [-0.39, 0.29) is 54.5 Å². The fourth-order valence-electron chi connectivity index (χ4n) is 6.70. The van der Waals surface area contributed by atoms with Crippen molar-refractivity contribution >= 4 is 35.0 Å². The number of carbonyl (C=O) groups is 4. The van der Waals surface area contributed by atoms with Crippen LogP contribution in [0.2, 0.25) is 0 Å². The van der Waals surface area contributed by atoms with Crippen LogP contribution in [0.3, 0.4) is 0 Å². The molecule has 0 radical (unpaired) electrons. The largest absolute Gasteiger partial charge is 0.481 e. The standard InChI is InChI=1S/C31H40N4O6S/c1-17-24(42-16-33-17)19-7-5-18(6-8-19)14-32-27(38)23-9-22(36)15-35(23)28(39)25(30(2,3)4)34-26(37)20-10-31(11-20)12-21(13-31)29(40)41/h5-8,16,20-23,25,36H,9-15H2,1-4H3,(H,32,38)(H,34,37)(H,40,41)/t20?,21?,22-,23+,25-,31?/m1/s1. The number of carbonyl (C=O) groups excluding carboxylic acids is 3. The minimum absolute atomic E-state index is 0.0192. The molecule has 1 saturated heterocycles. The third-order valence-corrected chi connectivity index (χ3v) is 10.1. The smallest absolute Gasteiger partial charge is 0.306 e. The van der Waals surface area contributed by atoms with Crippen molar-refractivity contribution in [3.8, 4) is 10.4 Å². The van der Waals surface area contributed by atoms with Crippen molar-refractivity contribution in [1.82, 2.24) is 20.5 Å². The number of aryl methyl sites for hydroxylation is 1. The molecule has 1 spiro atoms. The molecule has 4 N–H and O–H groups in total. The number of hydrogen-bond donors (Lipinski definition) is 4. The van der Waals surface area contributed by atoms with Gasteiger partial charge in [-0.05, 0) is 54.6 Å². The van der Waals surface area contributed by atoms with Crippen molar-refractivity contribution in [3.05, 3.63) is 41.0 Å². The Morgan fingerprint density at radius 1 is 1.07 bits per heavy atom. The number of nitrogens with zero attached hydrogens (tertiary/aromatic N) is 2. The quantitative estimate of drug-likeness (QED) is 0.366. The monoisotopic (exact) mass is 596 g/mol. The molecule has 2 aliphatic carbocycles. The van der Waals surface area contributed by atoms with E-state index in [1.54, 1.807) is 11.3 Å². The molecule has 5 rings (SSSR count). The Morgan fingerprint density at radius 3 is 2.29 bits per heavy atom. The van der Waals surface area contributed by atoms with Gasteiger partial charge >= 0.3 is 5.97 Å². The normalized spacial score (nSPS) is 27.6. The van der Waals surface area contributed by atoms with E-state index in [0.29, 0.717) is 25.7 Å². The summed E-state index contributed by atoms with van der Waals surface area (Å²) in [5, 5.41) is 25.5. The molecular weight excluding hydrogens is 556 g/mol. The first-order valence-electron chi connectivity index (χ1n) is 14.6. The molecular formula is C31H40N4O6S. The summed E-state index contributed by atoms with van der Waals surface area (Å²) in [4.78, 5) is 58.3. The number of likely N-dealkylation sites (tertiary alicyclic amines) is 1. The van der Waals surface area contributed by atoms with Crippen LogP contribution in [0.4, 0.5) is 0 Å². The lowest BCUT2D eigenvalue weighted by atomic mass is 9.48. The molecule has 0 bridgehead atoms. The van der Waals surface area contributed by atoms with Gasteiger partial charge in [-0.2, -0.15) is 0 Å². The molecule has 1 aromatic carbocycles. The summed E-state index contributed by atoms with van der Waals surface area (Å²) in [6.07, 6.45) is 1.76. The van der Waals surface area contributed by atoms with Crippen molar-refractivity contribution in [2.45, 2.75) is 84.5 Å². The second-order valence-corrected chi connectivity index (χ2v) is 14.3. The van der Waals surface area contributed by atoms with E-state index < -0.39 is 29.6 Å². The lowest BCUT2D eigenvalue weighted by Gasteiger charge is -2.56. The highest BCUT2D eigenvalue weighted by atomic mass is 32.1. The van der Waals surface area contributed by atoms with Crippen LogP contribution < -0.4 is 10.6 Å². The maximum absolute atomic E-state index is 13.8. The van der Waals surface area contributed by atoms with Gasteiger partial charge in [-0.15, -0.1) is 11.3 Å². The zero-order valence-electron chi connectivity index (χ0n) is 24.6. The Kier molecular flexibility index (Phi) is 8.19. The number of aliphatic hydroxyl groups is 1. The summed E-state index contributed by atoms with van der Waals surface area (Å²) in [5.74, 6) is -2.31. The van der Waals surface area contributed by atoms with E-state index in [0.717, 1.165) is 21.7 Å². The number of hydrogen-bond acceptors (Lipinski definition) is 7. The Labute approximate surface area is 249 Å². The molecule has 2 saturated carbocycles. The summed E-state index contributed by atoms with van der Waals surface area (Å²) >= 11 is 1.58. The first-order chi connectivity index (χ1) is 19.8. The van der Waals surface area contributed by atoms with Gasteiger partial charge in [-0.3, -0.25) is 19.2 Å². The van der Waals surface area contributed by atoms with Crippen LogP contribution in [0.1, 0.15) is 64.1 Å². The number of carboxylic acids is 1. The molecule has 1 aromatic heterocycles. The number of β-amino-alcohol motifs (C(OH)–C–C–N with tert-alkyl or cyclic N) is 1. The first-order valence-corrected chi connectivity index (χ1v) is 15.4. The third-order valence-electron chi connectivity index (χ3n) is 9.13. The maximum Gasteiger partial charge on any atom is 0.306 e. The minimum atomic E-state index is -0.877. The highest BCUT2D eigenvalue weighted by Crippen LogP contribution is 2.61. The van der Waals surface area contributed by atoms with Crippen LogP contribution >= 0.6 is 11.3 Å². The molecule has 11 heteroatoms. The number of amides is 3. The summed E-state index contributed by atoms with van der Waals surface area (Å²) in [6.45, 7) is 7.85. The predicted molar refractivity (Wildman–Crippen MR) is 157 cm³/mol. The van der Waals surface area contributed by atoms with Crippen molar-refractivity contribution < 1.29 is 29.4 Å². The van der Waals surface area contributed by atoms with Gasteiger partial charge in [0.25, 0.3) is 0 Å². The average molecular weight is 597 g/mol. The Morgan fingerprint density at radius 2 is 1.71 bits per heavy atom. The van der Waals surface area contributed by atoms with Crippen LogP contribution in [-0.4, -0.2) is 68.5 Å². The van der Waals surface area contributed by atoms with E-state index in [1.807, 2.05) is 57.5 Å². The fraction of sp³-hybridized carbons (Fsp3) is 0.581. The molecule has 3 aliphatic rings. The first kappa shape index (κ1) is 30.2. The van der Waals surface area contributed by atoms with E-state index >= 15 is 0 Å². The molecule has 2 aromatic rings. The zero-order chi connectivity index (χ0) is 30.4. The molecule has 10 nitrogen and oxygen atoms in total. The molecule has 1 aliphatic heterocycles. The molecule has 42 heavy (non-hydrogen) atoms. The van der Waals surface area contributed by atoms with E-state index in [4.69, 9.17) is 0 Å². The topological polar surface area (TPSA) is 149 Å². The molecule has 226 valence electrons. The van der Waals surface area contributed by atoms with Gasteiger partial charge < -0.3 is 25.7 Å². The number of carboxylic acid groups (broad SMARTS) is 1. The summed E-state index contributed by atoms with van der Waals surface area (Å²) in [5.41, 5.74) is 4.06. The SMILES string of the molecule is Cc1ncsc1-c1ccc(CNC(=O)[C@@H]2C[C@@H](O)CN2C(=O)[C@@H](NC(=O)C2CC3(CC(C(=O)O)C3)C2)C(C)(C)C)cc1.